The molecule has 3 heterocycles. The van der Waals surface area contributed by atoms with Crippen molar-refractivity contribution in [2.45, 2.75) is 69.3 Å². The molecule has 1 saturated carbocycles. The highest BCUT2D eigenvalue weighted by molar-refractivity contribution is 6.37. The van der Waals surface area contributed by atoms with Crippen molar-refractivity contribution >= 4 is 35.3 Å². The molecule has 0 aromatic heterocycles. The van der Waals surface area contributed by atoms with Crippen LogP contribution < -0.4 is 15.4 Å². The molecule has 270 valence electrons. The van der Waals surface area contributed by atoms with Gasteiger partial charge >= 0.3 is 0 Å². The largest absolute Gasteiger partial charge is 0.506 e. The summed E-state index contributed by atoms with van der Waals surface area (Å²) in [6, 6.07) is 18.3. The molecule has 0 spiro atoms. The second-order valence-electron chi connectivity index (χ2n) is 14.4. The molecule has 2 bridgehead atoms. The molecule has 3 atom stereocenters. The fourth-order valence-corrected chi connectivity index (χ4v) is 9.00. The van der Waals surface area contributed by atoms with Crippen molar-refractivity contribution in [1.29, 1.82) is 0 Å². The standard InChI is InChI=1S/C39H49Cl2N3O6/c40-32-19-27(22-42-23-36(47)29-11-12-35(46)34(21-29)43-26-45)20-33(41)38(32)49-18-6-15-44-16-13-28(14-17-44)37(24-44)50-25-39(48,31-9-4-5-10-31)30-7-2-1-3-8-30/h1-3,7-8,11-12,19-21,26,28,31,36-37,42,47-48H,4-6,9-10,13-18,22-25H2,(H-,43,45,46)/p+1/t28?,36-,37-,39+,44?/m0/s1. The number of quaternary nitrogens is 1. The van der Waals surface area contributed by atoms with E-state index in [9.17, 15) is 20.1 Å². The van der Waals surface area contributed by atoms with Gasteiger partial charge in [-0.15, -0.1) is 0 Å². The van der Waals surface area contributed by atoms with E-state index in [4.69, 9.17) is 32.7 Å². The van der Waals surface area contributed by atoms with Crippen LogP contribution in [0.4, 0.5) is 5.69 Å². The highest BCUT2D eigenvalue weighted by atomic mass is 35.5. The van der Waals surface area contributed by atoms with Gasteiger partial charge in [-0.3, -0.25) is 4.79 Å². The number of nitrogens with zero attached hydrogens (tertiary/aromatic N) is 1. The molecular formula is C39H50Cl2N3O6+. The Bertz CT molecular complexity index is 1560. The summed E-state index contributed by atoms with van der Waals surface area (Å²) in [4.78, 5) is 10.8. The fraction of sp³-hybridized carbons (Fsp3) is 0.513. The number of carbonyl (C=O) groups excluding carboxylic acids is 1. The van der Waals surface area contributed by atoms with Gasteiger partial charge in [0, 0.05) is 38.3 Å². The zero-order valence-electron chi connectivity index (χ0n) is 28.5. The number of aliphatic hydroxyl groups is 2. The predicted octanol–water partition coefficient (Wildman–Crippen LogP) is 6.56. The average Bonchev–Trinajstić information content (AvgIpc) is 3.68. The van der Waals surface area contributed by atoms with Crippen LogP contribution in [0.2, 0.25) is 10.0 Å². The number of ether oxygens (including phenoxy) is 2. The van der Waals surface area contributed by atoms with E-state index in [2.05, 4.69) is 10.6 Å². The molecular weight excluding hydrogens is 677 g/mol. The lowest BCUT2D eigenvalue weighted by atomic mass is 9.80. The number of benzene rings is 3. The third-order valence-corrected chi connectivity index (χ3v) is 11.8. The number of fused-ring (bicyclic) bond motifs is 3. The minimum atomic E-state index is -0.942. The van der Waals surface area contributed by atoms with E-state index < -0.39 is 11.7 Å². The monoisotopic (exact) mass is 726 g/mol. The fourth-order valence-electron chi connectivity index (χ4n) is 8.36. The van der Waals surface area contributed by atoms with Gasteiger partial charge in [-0.05, 0) is 59.7 Å². The maximum absolute atomic E-state index is 12.0. The minimum absolute atomic E-state index is 0.0746. The lowest BCUT2D eigenvalue weighted by Crippen LogP contribution is -2.65. The highest BCUT2D eigenvalue weighted by Crippen LogP contribution is 2.43. The van der Waals surface area contributed by atoms with Crippen LogP contribution >= 0.6 is 23.2 Å². The number of nitrogens with one attached hydrogen (secondary N) is 2. The smallest absolute Gasteiger partial charge is 0.211 e. The number of anilines is 1. The molecule has 11 heteroatoms. The lowest BCUT2D eigenvalue weighted by molar-refractivity contribution is -0.946. The molecule has 3 aromatic carbocycles. The zero-order valence-corrected chi connectivity index (χ0v) is 30.0. The van der Waals surface area contributed by atoms with Crippen molar-refractivity contribution in [3.8, 4) is 11.5 Å². The molecule has 4 fully saturated rings. The first-order valence-electron chi connectivity index (χ1n) is 18.0. The molecule has 5 N–H and O–H groups in total. The SMILES string of the molecule is O=CNc1cc([C@@H](O)CNCc2cc(Cl)c(OCCC[N+]34CCC(CC3)[C@@H](OC[C@@](O)(c3ccccc3)C3CCCC3)C4)c(Cl)c2)ccc1O. The molecule has 0 unspecified atom stereocenters. The van der Waals surface area contributed by atoms with Crippen molar-refractivity contribution in [2.24, 2.45) is 11.8 Å². The summed E-state index contributed by atoms with van der Waals surface area (Å²) < 4.78 is 13.9. The Morgan fingerprint density at radius 2 is 1.72 bits per heavy atom. The first-order valence-corrected chi connectivity index (χ1v) is 18.7. The molecule has 3 aliphatic heterocycles. The van der Waals surface area contributed by atoms with Crippen LogP contribution in [0.15, 0.2) is 60.7 Å². The van der Waals surface area contributed by atoms with Crippen molar-refractivity contribution in [3.05, 3.63) is 87.4 Å². The normalized spacial score (nSPS) is 23.8. The summed E-state index contributed by atoms with van der Waals surface area (Å²) in [5.74, 6) is 1.19. The van der Waals surface area contributed by atoms with Crippen molar-refractivity contribution in [1.82, 2.24) is 5.32 Å². The number of phenolic OH excluding ortho intramolecular Hbond substituents is 1. The third-order valence-electron chi connectivity index (χ3n) is 11.2. The number of halogens is 2. The van der Waals surface area contributed by atoms with E-state index in [1.54, 1.807) is 6.07 Å². The van der Waals surface area contributed by atoms with Crippen LogP contribution in [0, 0.1) is 11.8 Å². The Hall–Kier alpha value is -2.89. The zero-order chi connectivity index (χ0) is 35.1. The van der Waals surface area contributed by atoms with E-state index in [1.165, 1.54) is 25.0 Å². The second-order valence-corrected chi connectivity index (χ2v) is 15.2. The number of rotatable bonds is 17. The Kier molecular flexibility index (Phi) is 12.3. The Morgan fingerprint density at radius 3 is 2.42 bits per heavy atom. The molecule has 0 radical (unpaired) electrons. The van der Waals surface area contributed by atoms with Gasteiger partial charge in [-0.2, -0.15) is 0 Å². The van der Waals surface area contributed by atoms with Crippen molar-refractivity contribution in [2.75, 3.05) is 51.3 Å². The van der Waals surface area contributed by atoms with Gasteiger partial charge in [0.05, 0.1) is 54.7 Å². The summed E-state index contributed by atoms with van der Waals surface area (Å²) in [5.41, 5.74) is 1.67. The van der Waals surface area contributed by atoms with Gasteiger partial charge in [-0.25, -0.2) is 0 Å². The van der Waals surface area contributed by atoms with Crippen LogP contribution in [0.1, 0.15) is 67.7 Å². The number of amides is 1. The molecule has 50 heavy (non-hydrogen) atoms. The van der Waals surface area contributed by atoms with Crippen LogP contribution in [0.5, 0.6) is 11.5 Å². The van der Waals surface area contributed by atoms with Crippen LogP contribution in [0.3, 0.4) is 0 Å². The topological polar surface area (TPSA) is 120 Å². The van der Waals surface area contributed by atoms with Gasteiger partial charge < -0.3 is 39.9 Å². The molecule has 3 aromatic rings. The van der Waals surface area contributed by atoms with Crippen LogP contribution in [-0.2, 0) is 21.7 Å². The van der Waals surface area contributed by atoms with E-state index >= 15 is 0 Å². The summed E-state index contributed by atoms with van der Waals surface area (Å²) in [6.45, 7) is 5.78. The van der Waals surface area contributed by atoms with Crippen LogP contribution in [-0.4, -0.2) is 78.3 Å². The molecule has 4 aliphatic rings. The molecule has 9 nitrogen and oxygen atoms in total. The summed E-state index contributed by atoms with van der Waals surface area (Å²) in [6.07, 6.45) is 7.37. The van der Waals surface area contributed by atoms with Gasteiger partial charge in [0.2, 0.25) is 6.41 Å². The maximum atomic E-state index is 12.0. The Labute approximate surface area is 305 Å². The van der Waals surface area contributed by atoms with E-state index in [0.717, 1.165) is 73.9 Å². The van der Waals surface area contributed by atoms with Crippen molar-refractivity contribution in [3.63, 3.8) is 0 Å². The number of phenols is 1. The number of hydrogen-bond donors (Lipinski definition) is 5. The molecule has 1 aliphatic carbocycles. The van der Waals surface area contributed by atoms with Gasteiger partial charge in [0.15, 0.2) is 5.75 Å². The number of hydrogen-bond acceptors (Lipinski definition) is 7. The quantitative estimate of drug-likeness (QED) is 0.0463. The van der Waals surface area contributed by atoms with Crippen LogP contribution in [0.25, 0.3) is 0 Å². The third kappa shape index (κ3) is 8.59. The minimum Gasteiger partial charge on any atom is -0.506 e. The summed E-state index contributed by atoms with van der Waals surface area (Å²) >= 11 is 13.2. The summed E-state index contributed by atoms with van der Waals surface area (Å²) in [5, 5.41) is 39.0. The molecule has 3 saturated heterocycles. The summed E-state index contributed by atoms with van der Waals surface area (Å²) in [7, 11) is 0. The Balaban J connectivity index is 0.975. The van der Waals surface area contributed by atoms with E-state index in [1.807, 2.05) is 42.5 Å². The number of aliphatic hydroxyl groups excluding tert-OH is 1. The molecule has 1 amide bonds. The van der Waals surface area contributed by atoms with Crippen molar-refractivity contribution < 1.29 is 34.1 Å². The number of aromatic hydroxyl groups is 1. The lowest BCUT2D eigenvalue weighted by Gasteiger charge is -2.53. The highest BCUT2D eigenvalue weighted by Gasteiger charge is 2.48. The average molecular weight is 728 g/mol. The maximum Gasteiger partial charge on any atom is 0.211 e. The van der Waals surface area contributed by atoms with Gasteiger partial charge in [0.25, 0.3) is 0 Å². The second kappa shape index (κ2) is 16.6. The number of piperidine rings is 3. The Morgan fingerprint density at radius 1 is 1.00 bits per heavy atom. The molecule has 7 rings (SSSR count). The first-order chi connectivity index (χ1) is 24.2. The van der Waals surface area contributed by atoms with Gasteiger partial charge in [0.1, 0.15) is 24.0 Å². The first kappa shape index (κ1) is 36.9. The predicted molar refractivity (Wildman–Crippen MR) is 196 cm³/mol. The van der Waals surface area contributed by atoms with E-state index in [0.29, 0.717) is 53.4 Å². The van der Waals surface area contributed by atoms with Gasteiger partial charge in [-0.1, -0.05) is 72.4 Å². The van der Waals surface area contributed by atoms with E-state index in [-0.39, 0.29) is 30.0 Å². The number of carbonyl (C=O) groups is 1.